The number of nitrogens with two attached hydrogens (primary N) is 1. The van der Waals surface area contributed by atoms with Crippen molar-refractivity contribution in [3.05, 3.63) is 35.6 Å². The lowest BCUT2D eigenvalue weighted by Gasteiger charge is -2.26. The lowest BCUT2D eigenvalue weighted by molar-refractivity contribution is 0.326. The van der Waals surface area contributed by atoms with Crippen LogP contribution >= 0.6 is 0 Å². The van der Waals surface area contributed by atoms with Gasteiger partial charge in [-0.1, -0.05) is 45.2 Å². The second-order valence-corrected chi connectivity index (χ2v) is 4.51. The van der Waals surface area contributed by atoms with E-state index in [-0.39, 0.29) is 11.9 Å². The van der Waals surface area contributed by atoms with Crippen molar-refractivity contribution in [3.63, 3.8) is 0 Å². The normalized spacial score (nSPS) is 14.6. The van der Waals surface area contributed by atoms with E-state index in [0.717, 1.165) is 18.4 Å². The van der Waals surface area contributed by atoms with E-state index in [1.54, 1.807) is 12.1 Å². The van der Waals surface area contributed by atoms with Gasteiger partial charge in [0, 0.05) is 6.04 Å². The van der Waals surface area contributed by atoms with E-state index in [1.165, 1.54) is 18.9 Å². The molecule has 0 fully saturated rings. The molecule has 3 N–H and O–H groups in total. The molecule has 96 valence electrons. The van der Waals surface area contributed by atoms with Crippen molar-refractivity contribution in [1.82, 2.24) is 5.43 Å². The Kier molecular flexibility index (Phi) is 6.16. The number of halogens is 1. The summed E-state index contributed by atoms with van der Waals surface area (Å²) in [5.41, 5.74) is 3.78. The average molecular weight is 238 g/mol. The Morgan fingerprint density at radius 3 is 2.65 bits per heavy atom. The molecule has 0 heterocycles. The molecule has 1 rings (SSSR count). The summed E-state index contributed by atoms with van der Waals surface area (Å²) >= 11 is 0. The highest BCUT2D eigenvalue weighted by molar-refractivity contribution is 5.20. The summed E-state index contributed by atoms with van der Waals surface area (Å²) in [5.74, 6) is 5.89. The van der Waals surface area contributed by atoms with Crippen molar-refractivity contribution in [2.45, 2.75) is 45.6 Å². The van der Waals surface area contributed by atoms with Crippen LogP contribution in [0.2, 0.25) is 0 Å². The van der Waals surface area contributed by atoms with Crippen molar-refractivity contribution < 1.29 is 4.39 Å². The van der Waals surface area contributed by atoms with Gasteiger partial charge >= 0.3 is 0 Å². The topological polar surface area (TPSA) is 38.0 Å². The molecule has 0 saturated carbocycles. The molecular weight excluding hydrogens is 215 g/mol. The van der Waals surface area contributed by atoms with Crippen LogP contribution < -0.4 is 11.3 Å². The largest absolute Gasteiger partial charge is 0.271 e. The van der Waals surface area contributed by atoms with Crippen LogP contribution in [0.5, 0.6) is 0 Å². The smallest absolute Gasteiger partial charge is 0.123 e. The maximum atomic E-state index is 13.2. The van der Waals surface area contributed by atoms with Gasteiger partial charge in [-0.15, -0.1) is 0 Å². The van der Waals surface area contributed by atoms with Crippen LogP contribution in [0.3, 0.4) is 0 Å². The number of hydrazine groups is 1. The van der Waals surface area contributed by atoms with Crippen molar-refractivity contribution in [2.75, 3.05) is 0 Å². The molecule has 0 saturated heterocycles. The predicted octanol–water partition coefficient (Wildman–Crippen LogP) is 3.55. The maximum absolute atomic E-state index is 13.2. The van der Waals surface area contributed by atoms with E-state index in [0.29, 0.717) is 5.92 Å². The molecule has 2 unspecified atom stereocenters. The summed E-state index contributed by atoms with van der Waals surface area (Å²) in [6.45, 7) is 4.34. The second kappa shape index (κ2) is 7.41. The highest BCUT2D eigenvalue weighted by Gasteiger charge is 2.20. The molecule has 0 amide bonds. The minimum Gasteiger partial charge on any atom is -0.271 e. The first-order valence-corrected chi connectivity index (χ1v) is 6.44. The third-order valence-corrected chi connectivity index (χ3v) is 3.31. The summed E-state index contributed by atoms with van der Waals surface area (Å²) in [6.07, 6.45) is 4.53. The van der Waals surface area contributed by atoms with Crippen molar-refractivity contribution >= 4 is 0 Å². The van der Waals surface area contributed by atoms with E-state index in [9.17, 15) is 4.39 Å². The predicted molar refractivity (Wildman–Crippen MR) is 69.8 cm³/mol. The molecule has 2 nitrogen and oxygen atoms in total. The zero-order valence-electron chi connectivity index (χ0n) is 10.7. The van der Waals surface area contributed by atoms with Crippen LogP contribution in [0.15, 0.2) is 24.3 Å². The van der Waals surface area contributed by atoms with Gasteiger partial charge in [-0.2, -0.15) is 0 Å². The summed E-state index contributed by atoms with van der Waals surface area (Å²) in [4.78, 5) is 0. The number of rotatable bonds is 7. The van der Waals surface area contributed by atoms with Crippen molar-refractivity contribution in [1.29, 1.82) is 0 Å². The first-order chi connectivity index (χ1) is 8.22. The molecule has 0 aliphatic carbocycles. The van der Waals surface area contributed by atoms with Crippen LogP contribution in [-0.2, 0) is 0 Å². The van der Waals surface area contributed by atoms with E-state index < -0.39 is 0 Å². The quantitative estimate of drug-likeness (QED) is 0.563. The molecule has 1 aromatic rings. The first kappa shape index (κ1) is 14.1. The number of unbranched alkanes of at least 4 members (excludes halogenated alkanes) is 1. The molecular formula is C14H23FN2. The lowest BCUT2D eigenvalue weighted by atomic mass is 9.87. The van der Waals surface area contributed by atoms with Crippen molar-refractivity contribution in [3.8, 4) is 0 Å². The number of hydrogen-bond acceptors (Lipinski definition) is 2. The van der Waals surface area contributed by atoms with Crippen LogP contribution in [-0.4, -0.2) is 0 Å². The fourth-order valence-electron chi connectivity index (χ4n) is 2.28. The second-order valence-electron chi connectivity index (χ2n) is 4.51. The molecule has 3 heteroatoms. The van der Waals surface area contributed by atoms with Gasteiger partial charge in [0.1, 0.15) is 5.82 Å². The lowest BCUT2D eigenvalue weighted by Crippen LogP contribution is -2.33. The minimum atomic E-state index is -0.201. The van der Waals surface area contributed by atoms with E-state index >= 15 is 0 Å². The van der Waals surface area contributed by atoms with Gasteiger partial charge < -0.3 is 0 Å². The third-order valence-electron chi connectivity index (χ3n) is 3.31. The van der Waals surface area contributed by atoms with Crippen LogP contribution in [0.1, 0.15) is 51.1 Å². The van der Waals surface area contributed by atoms with E-state index in [4.69, 9.17) is 5.84 Å². The molecule has 1 aromatic carbocycles. The van der Waals surface area contributed by atoms with Gasteiger partial charge in [0.25, 0.3) is 0 Å². The average Bonchev–Trinajstić information content (AvgIpc) is 2.34. The Balaban J connectivity index is 2.81. The fraction of sp³-hybridized carbons (Fsp3) is 0.571. The van der Waals surface area contributed by atoms with Crippen molar-refractivity contribution in [2.24, 2.45) is 11.8 Å². The van der Waals surface area contributed by atoms with Gasteiger partial charge in [-0.3, -0.25) is 11.3 Å². The Bertz CT molecular complexity index is 328. The van der Waals surface area contributed by atoms with Gasteiger partial charge in [0.15, 0.2) is 0 Å². The van der Waals surface area contributed by atoms with Gasteiger partial charge in [-0.25, -0.2) is 4.39 Å². The molecule has 0 spiro atoms. The van der Waals surface area contributed by atoms with Gasteiger partial charge in [-0.05, 0) is 30.0 Å². The molecule has 0 bridgehead atoms. The molecule has 0 aromatic heterocycles. The summed E-state index contributed by atoms with van der Waals surface area (Å²) in [6, 6.07) is 6.75. The zero-order chi connectivity index (χ0) is 12.7. The monoisotopic (exact) mass is 238 g/mol. The standard InChI is InChI=1S/C14H23FN2/c1-3-5-7-11(4-2)14(17-16)12-8-6-9-13(15)10-12/h6,8-11,14,17H,3-5,7,16H2,1-2H3. The van der Waals surface area contributed by atoms with Gasteiger partial charge in [0.2, 0.25) is 0 Å². The number of hydrogen-bond donors (Lipinski definition) is 2. The third kappa shape index (κ3) is 4.10. The summed E-state index contributed by atoms with van der Waals surface area (Å²) in [7, 11) is 0. The van der Waals surface area contributed by atoms with E-state index in [2.05, 4.69) is 19.3 Å². The van der Waals surface area contributed by atoms with E-state index in [1.807, 2.05) is 6.07 Å². The molecule has 2 atom stereocenters. The highest BCUT2D eigenvalue weighted by Crippen LogP contribution is 2.28. The van der Waals surface area contributed by atoms with Gasteiger partial charge in [0.05, 0.1) is 0 Å². The first-order valence-electron chi connectivity index (χ1n) is 6.44. The molecule has 0 aliphatic rings. The Labute approximate surface area is 103 Å². The Morgan fingerprint density at radius 1 is 1.35 bits per heavy atom. The maximum Gasteiger partial charge on any atom is 0.123 e. The Morgan fingerprint density at radius 2 is 2.12 bits per heavy atom. The SMILES string of the molecule is CCCCC(CC)C(NN)c1cccc(F)c1. The fourth-order valence-corrected chi connectivity index (χ4v) is 2.28. The molecule has 0 aliphatic heterocycles. The minimum absolute atomic E-state index is 0.0437. The number of benzene rings is 1. The van der Waals surface area contributed by atoms with Crippen LogP contribution in [0.25, 0.3) is 0 Å². The molecule has 17 heavy (non-hydrogen) atoms. The van der Waals surface area contributed by atoms with Crippen LogP contribution in [0.4, 0.5) is 4.39 Å². The zero-order valence-corrected chi connectivity index (χ0v) is 10.7. The number of nitrogens with one attached hydrogen (secondary N) is 1. The molecule has 0 radical (unpaired) electrons. The summed E-state index contributed by atoms with van der Waals surface area (Å²) < 4.78 is 13.2. The Hall–Kier alpha value is -0.930. The highest BCUT2D eigenvalue weighted by atomic mass is 19.1. The summed E-state index contributed by atoms with van der Waals surface area (Å²) in [5, 5.41) is 0. The van der Waals surface area contributed by atoms with Crippen LogP contribution in [0, 0.1) is 11.7 Å².